The van der Waals surface area contributed by atoms with Crippen LogP contribution in [0.1, 0.15) is 96.8 Å². The fourth-order valence-electron chi connectivity index (χ4n) is 9.58. The van der Waals surface area contributed by atoms with Crippen LogP contribution in [0, 0.1) is 10.2 Å². The van der Waals surface area contributed by atoms with E-state index in [2.05, 4.69) is 178 Å². The van der Waals surface area contributed by atoms with Gasteiger partial charge in [-0.15, -0.1) is 10.2 Å². The first kappa shape index (κ1) is 41.3. The van der Waals surface area contributed by atoms with Crippen LogP contribution >= 0.6 is 0 Å². The Morgan fingerprint density at radius 3 is 1.91 bits per heavy atom. The maximum Gasteiger partial charge on any atom is 0.210 e. The van der Waals surface area contributed by atoms with Crippen LogP contribution in [0.2, 0.25) is 0 Å². The Kier molecular flexibility index (Phi) is 12.0. The van der Waals surface area contributed by atoms with Gasteiger partial charge in [0.05, 0.1) is 5.41 Å². The van der Waals surface area contributed by atoms with Crippen molar-refractivity contribution in [2.24, 2.45) is 0 Å². The maximum atomic E-state index is 8.49. The molecule has 5 aromatic rings. The summed E-state index contributed by atoms with van der Waals surface area (Å²) in [5.74, 6) is 0. The van der Waals surface area contributed by atoms with Gasteiger partial charge in [0.1, 0.15) is 6.54 Å². The standard InChI is InChI=1S/C51H55N2.ClHO4/c1-7-9-34-52-43-30-26-36-18-14-16-22-41(36)48(43)50(3,4)45(52)32-28-39-24-25-40(47(39)38-20-12-11-13-21-38)29-33-46-51(5,6)49-42-23-17-15-19-37(42)27-31-44(49)53(46)35-10-8-2;2-1(3,4)5/h11-23,26-33H,7-10,24-25,34-35H2,1-6H3;(H,2,3,4,5)/q+1;/p-1. The van der Waals surface area contributed by atoms with Crippen LogP contribution in [0.15, 0.2) is 144 Å². The minimum absolute atomic E-state index is 0.106. The van der Waals surface area contributed by atoms with Gasteiger partial charge in [-0.3, -0.25) is 0 Å². The van der Waals surface area contributed by atoms with Crippen molar-refractivity contribution in [3.8, 4) is 0 Å². The Morgan fingerprint density at radius 1 is 0.655 bits per heavy atom. The Labute approximate surface area is 346 Å². The molecule has 0 atom stereocenters. The molecule has 0 unspecified atom stereocenters. The Hall–Kier alpha value is -4.82. The molecule has 0 aromatic heterocycles. The number of allylic oxidation sites excluding steroid dienone is 8. The summed E-state index contributed by atoms with van der Waals surface area (Å²) in [6, 6.07) is 38.3. The second-order valence-electron chi connectivity index (χ2n) is 16.7. The normalized spacial score (nSPS) is 18.6. The van der Waals surface area contributed by atoms with Crippen LogP contribution < -0.4 is 23.5 Å². The Bertz CT molecular complexity index is 2480. The highest BCUT2D eigenvalue weighted by Crippen LogP contribution is 2.51. The highest BCUT2D eigenvalue weighted by atomic mass is 35.7. The van der Waals surface area contributed by atoms with E-state index >= 15 is 0 Å². The van der Waals surface area contributed by atoms with Gasteiger partial charge in [0, 0.05) is 47.5 Å². The molecule has 0 spiro atoms. The predicted octanol–water partition coefficient (Wildman–Crippen LogP) is 8.63. The third-order valence-electron chi connectivity index (χ3n) is 12.2. The van der Waals surface area contributed by atoms with E-state index in [9.17, 15) is 0 Å². The summed E-state index contributed by atoms with van der Waals surface area (Å²) >= 11 is 0. The molecule has 0 N–H and O–H groups in total. The summed E-state index contributed by atoms with van der Waals surface area (Å²) in [7, 11) is -4.94. The zero-order chi connectivity index (χ0) is 41.2. The number of rotatable bonds is 10. The van der Waals surface area contributed by atoms with Crippen molar-refractivity contribution in [2.45, 2.75) is 90.9 Å². The molecule has 0 amide bonds. The van der Waals surface area contributed by atoms with E-state index in [0.717, 1.165) is 25.9 Å². The number of hydrogen-bond donors (Lipinski definition) is 0. The van der Waals surface area contributed by atoms with Crippen molar-refractivity contribution < 1.29 is 33.5 Å². The van der Waals surface area contributed by atoms with Gasteiger partial charge >= 0.3 is 0 Å². The number of hydrogen-bond acceptors (Lipinski definition) is 5. The lowest BCUT2D eigenvalue weighted by molar-refractivity contribution is -2.00. The Morgan fingerprint density at radius 2 is 1.26 bits per heavy atom. The molecule has 8 rings (SSSR count). The van der Waals surface area contributed by atoms with E-state index < -0.39 is 10.2 Å². The lowest BCUT2D eigenvalue weighted by Crippen LogP contribution is -2.68. The highest BCUT2D eigenvalue weighted by Gasteiger charge is 2.45. The lowest BCUT2D eigenvalue weighted by atomic mass is 9.79. The summed E-state index contributed by atoms with van der Waals surface area (Å²) < 4.78 is 36.6. The third kappa shape index (κ3) is 8.09. The predicted molar refractivity (Wildman–Crippen MR) is 229 cm³/mol. The van der Waals surface area contributed by atoms with Gasteiger partial charge in [0.15, 0.2) is 5.71 Å². The Balaban J connectivity index is 0.000000966. The third-order valence-corrected chi connectivity index (χ3v) is 12.2. The molecule has 58 heavy (non-hydrogen) atoms. The van der Waals surface area contributed by atoms with Gasteiger partial charge < -0.3 is 4.90 Å². The summed E-state index contributed by atoms with van der Waals surface area (Å²) in [6.07, 6.45) is 16.7. The topological polar surface area (TPSA) is 98.5 Å². The quantitative estimate of drug-likeness (QED) is 0.132. The maximum absolute atomic E-state index is 8.49. The van der Waals surface area contributed by atoms with Crippen molar-refractivity contribution in [1.82, 2.24) is 0 Å². The molecule has 0 radical (unpaired) electrons. The van der Waals surface area contributed by atoms with Crippen LogP contribution in [0.3, 0.4) is 0 Å². The van der Waals surface area contributed by atoms with Crippen LogP contribution in [-0.4, -0.2) is 23.4 Å². The molecular formula is C51H55ClN2O4. The van der Waals surface area contributed by atoms with Gasteiger partial charge in [-0.1, -0.05) is 138 Å². The first-order chi connectivity index (χ1) is 27.8. The number of nitrogens with zero attached hydrogens (tertiary/aromatic N) is 2. The van der Waals surface area contributed by atoms with Gasteiger partial charge in [-0.2, -0.15) is 4.58 Å². The zero-order valence-electron chi connectivity index (χ0n) is 34.7. The zero-order valence-corrected chi connectivity index (χ0v) is 35.4. The molecule has 300 valence electrons. The largest absolute Gasteiger partial charge is 0.344 e. The average molecular weight is 795 g/mol. The number of halogens is 1. The van der Waals surface area contributed by atoms with Crippen LogP contribution in [0.4, 0.5) is 11.4 Å². The SMILES string of the molecule is CCCCN1/C(=C/C=C2\CCC(/C=C/C3=[N+](CCCC)c4ccc5ccccc5c4C3(C)C)=C2c2ccccc2)C(C)(C)c2c1ccc1ccccc21.[O-][Cl+3]([O-])([O-])[O-]. The van der Waals surface area contributed by atoms with E-state index in [1.165, 1.54) is 103 Å². The van der Waals surface area contributed by atoms with Crippen molar-refractivity contribution in [3.05, 3.63) is 161 Å². The van der Waals surface area contributed by atoms with E-state index in [0.29, 0.717) is 0 Å². The lowest BCUT2D eigenvalue weighted by Gasteiger charge is -2.27. The summed E-state index contributed by atoms with van der Waals surface area (Å²) in [4.78, 5) is 2.62. The molecule has 2 aliphatic heterocycles. The van der Waals surface area contributed by atoms with Gasteiger partial charge in [0.25, 0.3) is 0 Å². The average Bonchev–Trinajstić information content (AvgIpc) is 3.78. The molecule has 0 saturated heterocycles. The molecule has 7 heteroatoms. The fraction of sp³-hybridized carbons (Fsp3) is 0.314. The molecule has 1 aliphatic carbocycles. The number of anilines is 1. The van der Waals surface area contributed by atoms with E-state index in [1.54, 1.807) is 0 Å². The summed E-state index contributed by atoms with van der Waals surface area (Å²) in [5, 5.41) is 5.40. The first-order valence-electron chi connectivity index (χ1n) is 20.7. The van der Waals surface area contributed by atoms with E-state index in [-0.39, 0.29) is 10.8 Å². The van der Waals surface area contributed by atoms with Crippen LogP contribution in [0.25, 0.3) is 27.1 Å². The van der Waals surface area contributed by atoms with Crippen molar-refractivity contribution in [2.75, 3.05) is 18.0 Å². The van der Waals surface area contributed by atoms with Crippen LogP contribution in [0.5, 0.6) is 0 Å². The molecule has 0 bridgehead atoms. The smallest absolute Gasteiger partial charge is 0.210 e. The van der Waals surface area contributed by atoms with Crippen LogP contribution in [-0.2, 0) is 10.8 Å². The van der Waals surface area contributed by atoms with Crippen molar-refractivity contribution in [3.63, 3.8) is 0 Å². The highest BCUT2D eigenvalue weighted by molar-refractivity contribution is 6.08. The second-order valence-corrected chi connectivity index (χ2v) is 17.5. The summed E-state index contributed by atoms with van der Waals surface area (Å²) in [5.41, 5.74) is 13.8. The molecule has 2 heterocycles. The summed E-state index contributed by atoms with van der Waals surface area (Å²) in [6.45, 7) is 16.4. The second kappa shape index (κ2) is 16.8. The minimum atomic E-state index is -4.94. The monoisotopic (exact) mass is 794 g/mol. The number of unbranched alkanes of at least 4 members (excludes halogenated alkanes) is 2. The van der Waals surface area contributed by atoms with E-state index in [1.807, 2.05) is 0 Å². The molecule has 0 saturated carbocycles. The molecule has 5 aromatic carbocycles. The first-order valence-corrected chi connectivity index (χ1v) is 22.0. The van der Waals surface area contributed by atoms with Crippen molar-refractivity contribution >= 4 is 44.2 Å². The van der Waals surface area contributed by atoms with Gasteiger partial charge in [0.2, 0.25) is 5.69 Å². The van der Waals surface area contributed by atoms with Gasteiger partial charge in [-0.25, -0.2) is 18.6 Å². The fourth-order valence-corrected chi connectivity index (χ4v) is 9.58. The number of benzene rings is 5. The number of fused-ring (bicyclic) bond motifs is 6. The minimum Gasteiger partial charge on any atom is -0.344 e. The van der Waals surface area contributed by atoms with Crippen molar-refractivity contribution in [1.29, 1.82) is 0 Å². The molecule has 3 aliphatic rings. The molecular weight excluding hydrogens is 740 g/mol. The van der Waals surface area contributed by atoms with E-state index in [4.69, 9.17) is 18.6 Å². The molecule has 6 nitrogen and oxygen atoms in total. The molecule has 0 fully saturated rings. The van der Waals surface area contributed by atoms with Gasteiger partial charge in [-0.05, 0) is 101 Å².